The van der Waals surface area contributed by atoms with E-state index in [0.29, 0.717) is 80.2 Å². The number of ether oxygens (including phenoxy) is 4. The molecule has 11 atom stereocenters. The Bertz CT molecular complexity index is 6350. The molecule has 0 bridgehead atoms. The monoisotopic (exact) mass is 2060 g/mol. The SMILES string of the molecule is CCOC(=O)[C@@](C)(C[C@H]1CC(c2ccc(Br)cc2)=NO1)S(C)(=O)=O.CCOC(=O)[C@@](C)(C[C@H]1CC(c2ccc(C#CC3CC3)cc2)=NO1)S(C)(=O)=O.C[C@@](C[C@H]1CC(c2ccc(C#CC3CC3)cc2)=NO1)(C(=O)CO)S(C)(=O)=O.C[C@@](C[C@H]1CC(c2ccc(C#CC3CC3)cc2)=NO1)(C(=O)COC1CCCCO1)S(C)(=O)=O.C[C@@](C[C@H]1CC(c2ccc(C#CC3CC3)cc2)=NO1)(C(=O)O)S(C)(=O)=O. The van der Waals surface area contributed by atoms with Crippen molar-refractivity contribution < 1.29 is 119 Å². The number of nitrogens with zero attached hydrogens (tertiary/aromatic N) is 5. The zero-order valence-corrected chi connectivity index (χ0v) is 85.2. The summed E-state index contributed by atoms with van der Waals surface area (Å²) in [6, 6.07) is 38.4. The number of esters is 2. The first-order valence-corrected chi connectivity index (χ1v) is 56.1. The molecule has 2 N–H and O–H groups in total. The van der Waals surface area contributed by atoms with Gasteiger partial charge in [0.25, 0.3) is 0 Å². The van der Waals surface area contributed by atoms with Crippen LogP contribution in [0.3, 0.4) is 0 Å². The highest BCUT2D eigenvalue weighted by molar-refractivity contribution is 9.10. The minimum Gasteiger partial charge on any atom is -0.480 e. The Hall–Kier alpha value is -10.5. The summed E-state index contributed by atoms with van der Waals surface area (Å²) in [7, 11) is -18.6. The molecule has 10 aliphatic rings. The molecule has 37 heteroatoms. The number of hydrogen-bond donors (Lipinski definition) is 2. The standard InChI is InChI=1S/C25H31NO6S.C21H25NO5S.C20H23NO5S.C19H21NO5S.C16H20BrNO5S/c1-25(33(2,28)29,23(27)17-31-24-5-3-4-14-30-24)16-21-15-22(26-32-21)20-12-10-19(11-13-20)9-8-18-6-7-18;1-4-26-20(23)21(2,28(3,24)25)14-18-13-19(22-27-18)17-11-9-16(10-12-17)8-7-15-5-6-15;1-20(19(23)13-22,27(2,24)25)12-17-11-18(21-26-17)16-9-7-15(8-10-16)6-5-14-3-4-14;1-19(18(21)22,26(2,23)24)12-16-11-17(20-25-16)15-9-7-14(8-10-15)6-5-13-3-4-13;1-4-22-15(19)16(2,24(3,20)21)10-13-9-14(18-23-13)11-5-7-12(17)8-6-11/h10-13,18,21,24H,3-7,14-17H2,1-2H3;9-12,15,18H,4-6,13-14H2,1-3H3;7-10,14,17,22H,3-4,11-13H2,1-2H3;7-10,13,16H,3-4,11-12H2,1-2H3,(H,21,22);5-8,13H,4,9-10H2,1-3H3/t21-,24?,25-;18-,21-;17-,20-;16-,19-;13-,16-/m11111/s1. The number of hydrogen-bond acceptors (Lipinski definition) is 30. The molecule has 0 radical (unpaired) electrons. The van der Waals surface area contributed by atoms with Crippen LogP contribution < -0.4 is 0 Å². The van der Waals surface area contributed by atoms with Crippen LogP contribution in [0.25, 0.3) is 0 Å². The Labute approximate surface area is 817 Å². The third kappa shape index (κ3) is 29.4. The van der Waals surface area contributed by atoms with Gasteiger partial charge in [-0.25, -0.2) is 42.1 Å². The smallest absolute Gasteiger partial charge is 0.327 e. The van der Waals surface area contributed by atoms with Crippen molar-refractivity contribution in [1.29, 1.82) is 0 Å². The number of aliphatic carboxylic acids is 1. The van der Waals surface area contributed by atoms with Crippen molar-refractivity contribution in [3.05, 3.63) is 176 Å². The minimum absolute atomic E-state index is 0.00576. The maximum atomic E-state index is 13.0. The highest BCUT2D eigenvalue weighted by Crippen LogP contribution is 2.39. The van der Waals surface area contributed by atoms with Gasteiger partial charge in [0.15, 0.2) is 81.3 Å². The Balaban J connectivity index is 0.000000166. The van der Waals surface area contributed by atoms with Gasteiger partial charge in [0.05, 0.1) is 41.8 Å². The lowest BCUT2D eigenvalue weighted by atomic mass is 9.94. The zero-order valence-electron chi connectivity index (χ0n) is 79.6. The Morgan fingerprint density at radius 2 is 0.630 bits per heavy atom. The third-order valence-electron chi connectivity index (χ3n) is 25.6. The predicted molar refractivity (Wildman–Crippen MR) is 525 cm³/mol. The number of rotatable bonds is 31. The van der Waals surface area contributed by atoms with Gasteiger partial charge in [0, 0.05) is 152 Å². The second kappa shape index (κ2) is 46.3. The van der Waals surface area contributed by atoms with Gasteiger partial charge in [-0.3, -0.25) is 24.0 Å². The zero-order chi connectivity index (χ0) is 100. The second-order valence-corrected chi connectivity index (χ2v) is 50.4. The number of oxime groups is 5. The maximum absolute atomic E-state index is 13.0. The molecule has 1 saturated heterocycles. The number of carbonyl (C=O) groups excluding carboxylic acids is 4. The van der Waals surface area contributed by atoms with Crippen molar-refractivity contribution in [2.75, 3.05) is 64.3 Å². The summed E-state index contributed by atoms with van der Waals surface area (Å²) in [6.45, 7) is 9.73. The number of Topliss-reactive ketones (excluding diaryl/α,β-unsaturated/α-hetero) is 2. The number of benzene rings is 5. The average Bonchev–Trinajstić information content (AvgIpc) is 1.11. The molecule has 1 unspecified atom stereocenters. The van der Waals surface area contributed by atoms with Gasteiger partial charge in [-0.15, -0.1) is 0 Å². The largest absolute Gasteiger partial charge is 0.480 e. The Kier molecular flexibility index (Phi) is 36.2. The van der Waals surface area contributed by atoms with E-state index in [-0.39, 0.29) is 51.9 Å². The Morgan fingerprint density at radius 3 is 0.862 bits per heavy atom. The van der Waals surface area contributed by atoms with Gasteiger partial charge in [-0.05, 0) is 208 Å². The number of sulfone groups is 5. The maximum Gasteiger partial charge on any atom is 0.327 e. The van der Waals surface area contributed by atoms with E-state index in [0.717, 1.165) is 116 Å². The number of ketones is 2. The molecule has 138 heavy (non-hydrogen) atoms. The second-order valence-electron chi connectivity index (χ2n) is 37.2. The number of aliphatic hydroxyl groups excluding tert-OH is 1. The van der Waals surface area contributed by atoms with Gasteiger partial charge >= 0.3 is 17.9 Å². The number of aliphatic hydroxyl groups is 1. The van der Waals surface area contributed by atoms with Crippen LogP contribution in [0.1, 0.15) is 233 Å². The predicted octanol–water partition coefficient (Wildman–Crippen LogP) is 12.6. The van der Waals surface area contributed by atoms with Crippen LogP contribution in [0.2, 0.25) is 0 Å². The van der Waals surface area contributed by atoms with E-state index >= 15 is 0 Å². The van der Waals surface area contributed by atoms with Crippen molar-refractivity contribution >= 4 is 123 Å². The Morgan fingerprint density at radius 1 is 0.377 bits per heavy atom. The molecule has 5 aromatic rings. The van der Waals surface area contributed by atoms with Gasteiger partial charge in [0.1, 0.15) is 53.2 Å². The molecule has 15 rings (SSSR count). The normalized spacial score (nSPS) is 21.9. The molecule has 5 fully saturated rings. The lowest BCUT2D eigenvalue weighted by Crippen LogP contribution is -2.48. The summed E-state index contributed by atoms with van der Waals surface area (Å²) in [5.41, 5.74) is 11.8. The molecule has 6 aliphatic heterocycles. The van der Waals surface area contributed by atoms with E-state index in [2.05, 4.69) is 89.1 Å². The van der Waals surface area contributed by atoms with E-state index in [1.165, 1.54) is 86.0 Å². The number of carboxylic acids is 1. The molecule has 4 aliphatic carbocycles. The van der Waals surface area contributed by atoms with Crippen LogP contribution in [-0.4, -0.2) is 235 Å². The van der Waals surface area contributed by atoms with E-state index < -0.39 is 146 Å². The molecular weight excluding hydrogens is 1940 g/mol. The van der Waals surface area contributed by atoms with E-state index in [1.54, 1.807) is 13.8 Å². The van der Waals surface area contributed by atoms with Crippen molar-refractivity contribution in [2.24, 2.45) is 49.5 Å². The molecule has 0 aromatic heterocycles. The van der Waals surface area contributed by atoms with Gasteiger partial charge in [-0.1, -0.05) is 150 Å². The van der Waals surface area contributed by atoms with Crippen LogP contribution in [0.5, 0.6) is 0 Å². The molecule has 4 saturated carbocycles. The van der Waals surface area contributed by atoms with E-state index in [4.69, 9.17) is 48.2 Å². The fraction of sp³-hybridized carbons (Fsp3) is 0.525. The molecule has 0 spiro atoms. The molecule has 0 amide bonds. The van der Waals surface area contributed by atoms with E-state index in [1.807, 2.05) is 121 Å². The fourth-order valence-electron chi connectivity index (χ4n) is 15.0. The summed E-state index contributed by atoms with van der Waals surface area (Å²) in [4.78, 5) is 88.0. The molecular formula is C101H120BrN5O26S5. The van der Waals surface area contributed by atoms with Gasteiger partial charge < -0.3 is 53.3 Å². The first-order chi connectivity index (χ1) is 65.1. The van der Waals surface area contributed by atoms with Crippen molar-refractivity contribution in [3.8, 4) is 47.4 Å². The number of halogens is 1. The lowest BCUT2D eigenvalue weighted by molar-refractivity contribution is -0.170. The molecule has 5 aromatic carbocycles. The highest BCUT2D eigenvalue weighted by Gasteiger charge is 2.53. The highest BCUT2D eigenvalue weighted by atomic mass is 79.9. The first-order valence-electron chi connectivity index (χ1n) is 45.9. The number of carboxylic acid groups (broad SMARTS) is 1. The van der Waals surface area contributed by atoms with Crippen LogP contribution in [0.15, 0.2) is 152 Å². The van der Waals surface area contributed by atoms with Crippen LogP contribution in [0, 0.1) is 71.0 Å². The van der Waals surface area contributed by atoms with Crippen LogP contribution >= 0.6 is 15.9 Å². The first kappa shape index (κ1) is 108. The quantitative estimate of drug-likeness (QED) is 0.0307. The van der Waals surface area contributed by atoms with Gasteiger partial charge in [-0.2, -0.15) is 0 Å². The fourth-order valence-corrected chi connectivity index (χ4v) is 19.7. The summed E-state index contributed by atoms with van der Waals surface area (Å²) < 4.78 is 135. The lowest BCUT2D eigenvalue weighted by Gasteiger charge is -2.29. The number of carbonyl (C=O) groups is 5. The van der Waals surface area contributed by atoms with Crippen molar-refractivity contribution in [3.63, 3.8) is 0 Å². The summed E-state index contributed by atoms with van der Waals surface area (Å²) in [5.74, 6) is 23.6. The summed E-state index contributed by atoms with van der Waals surface area (Å²) in [6.07, 6.45) is 16.0. The molecule has 31 nitrogen and oxygen atoms in total. The van der Waals surface area contributed by atoms with Crippen molar-refractivity contribution in [2.45, 2.75) is 244 Å². The van der Waals surface area contributed by atoms with Crippen molar-refractivity contribution in [1.82, 2.24) is 0 Å². The molecule has 742 valence electrons. The van der Waals surface area contributed by atoms with Crippen LogP contribution in [-0.2, 0) is 116 Å². The van der Waals surface area contributed by atoms with E-state index in [9.17, 15) is 71.2 Å². The summed E-state index contributed by atoms with van der Waals surface area (Å²) in [5, 5.41) is 38.9. The van der Waals surface area contributed by atoms with Gasteiger partial charge in [0.2, 0.25) is 0 Å². The third-order valence-corrected chi connectivity index (χ3v) is 36.1. The summed E-state index contributed by atoms with van der Waals surface area (Å²) >= 11 is 3.37. The topological polar surface area (TPSA) is 441 Å². The average molecular weight is 2060 g/mol. The molecule has 6 heterocycles. The van der Waals surface area contributed by atoms with Crippen LogP contribution in [0.4, 0.5) is 0 Å². The minimum atomic E-state index is -3.79.